The van der Waals surface area contributed by atoms with Gasteiger partial charge in [0.1, 0.15) is 5.75 Å². The third kappa shape index (κ3) is 1.70. The predicted octanol–water partition coefficient (Wildman–Crippen LogP) is 2.20. The summed E-state index contributed by atoms with van der Waals surface area (Å²) in [5.41, 5.74) is 3.57. The highest BCUT2D eigenvalue weighted by atomic mass is 16.5. The highest BCUT2D eigenvalue weighted by molar-refractivity contribution is 5.89. The average Bonchev–Trinajstić information content (AvgIpc) is 2.61. The molecule has 0 aliphatic heterocycles. The Balaban J connectivity index is 2.64. The van der Waals surface area contributed by atoms with Crippen molar-refractivity contribution in [2.75, 3.05) is 14.2 Å². The number of methoxy groups -OCH3 is 1. The zero-order valence-electron chi connectivity index (χ0n) is 9.35. The Morgan fingerprint density at radius 2 is 2.20 bits per heavy atom. The van der Waals surface area contributed by atoms with Crippen LogP contribution < -0.4 is 10.1 Å². The summed E-state index contributed by atoms with van der Waals surface area (Å²) in [7, 11) is 3.65. The van der Waals surface area contributed by atoms with Crippen molar-refractivity contribution < 1.29 is 4.74 Å². The molecule has 1 aromatic carbocycles. The SMILES string of the molecule is CNCc1c[nH]c2c(OC)cc(C)cc12. The third-order valence-electron chi connectivity index (χ3n) is 2.57. The van der Waals surface area contributed by atoms with E-state index in [0.717, 1.165) is 17.8 Å². The Kier molecular flexibility index (Phi) is 2.64. The van der Waals surface area contributed by atoms with Gasteiger partial charge in [-0.1, -0.05) is 0 Å². The number of aromatic amines is 1. The van der Waals surface area contributed by atoms with Crippen LogP contribution in [0.2, 0.25) is 0 Å². The number of H-pyrrole nitrogens is 1. The number of rotatable bonds is 3. The summed E-state index contributed by atoms with van der Waals surface area (Å²) in [6.45, 7) is 2.95. The lowest BCUT2D eigenvalue weighted by Gasteiger charge is -2.04. The van der Waals surface area contributed by atoms with Gasteiger partial charge in [-0.15, -0.1) is 0 Å². The molecule has 2 N–H and O–H groups in total. The van der Waals surface area contributed by atoms with Gasteiger partial charge in [-0.2, -0.15) is 0 Å². The Labute approximate surface area is 89.4 Å². The van der Waals surface area contributed by atoms with Crippen molar-refractivity contribution in [1.29, 1.82) is 0 Å². The molecule has 15 heavy (non-hydrogen) atoms. The van der Waals surface area contributed by atoms with E-state index in [-0.39, 0.29) is 0 Å². The molecule has 2 aromatic rings. The second kappa shape index (κ2) is 3.95. The van der Waals surface area contributed by atoms with Gasteiger partial charge in [0.25, 0.3) is 0 Å². The fourth-order valence-electron chi connectivity index (χ4n) is 1.89. The van der Waals surface area contributed by atoms with Gasteiger partial charge in [-0.05, 0) is 37.2 Å². The second-order valence-corrected chi connectivity index (χ2v) is 3.73. The van der Waals surface area contributed by atoms with Gasteiger partial charge >= 0.3 is 0 Å². The molecule has 0 spiro atoms. The van der Waals surface area contributed by atoms with Crippen molar-refractivity contribution in [3.8, 4) is 5.75 Å². The number of nitrogens with one attached hydrogen (secondary N) is 2. The molecule has 0 unspecified atom stereocenters. The number of hydrogen-bond donors (Lipinski definition) is 2. The maximum atomic E-state index is 5.35. The largest absolute Gasteiger partial charge is 0.495 e. The Bertz CT molecular complexity index is 474. The summed E-state index contributed by atoms with van der Waals surface area (Å²) in [6.07, 6.45) is 2.03. The molecule has 0 bridgehead atoms. The smallest absolute Gasteiger partial charge is 0.143 e. The minimum absolute atomic E-state index is 0.868. The average molecular weight is 204 g/mol. The van der Waals surface area contributed by atoms with Crippen LogP contribution in [-0.2, 0) is 6.54 Å². The molecule has 1 aromatic heterocycles. The van der Waals surface area contributed by atoms with E-state index in [1.54, 1.807) is 7.11 Å². The fraction of sp³-hybridized carbons (Fsp3) is 0.333. The highest BCUT2D eigenvalue weighted by Gasteiger charge is 2.08. The summed E-state index contributed by atoms with van der Waals surface area (Å²) in [6, 6.07) is 4.23. The van der Waals surface area contributed by atoms with E-state index in [2.05, 4.69) is 23.3 Å². The predicted molar refractivity (Wildman–Crippen MR) is 62.4 cm³/mol. The highest BCUT2D eigenvalue weighted by Crippen LogP contribution is 2.28. The van der Waals surface area contributed by atoms with Gasteiger partial charge in [-0.25, -0.2) is 0 Å². The van der Waals surface area contributed by atoms with Gasteiger partial charge in [-0.3, -0.25) is 0 Å². The first-order valence-electron chi connectivity index (χ1n) is 5.05. The summed E-state index contributed by atoms with van der Waals surface area (Å²) in [4.78, 5) is 3.25. The van der Waals surface area contributed by atoms with E-state index < -0.39 is 0 Å². The monoisotopic (exact) mass is 204 g/mol. The number of aromatic nitrogens is 1. The second-order valence-electron chi connectivity index (χ2n) is 3.73. The summed E-state index contributed by atoms with van der Waals surface area (Å²) < 4.78 is 5.35. The molecule has 1 heterocycles. The van der Waals surface area contributed by atoms with Crippen LogP contribution in [0.1, 0.15) is 11.1 Å². The van der Waals surface area contributed by atoms with E-state index in [9.17, 15) is 0 Å². The van der Waals surface area contributed by atoms with Crippen molar-refractivity contribution in [1.82, 2.24) is 10.3 Å². The molecule has 0 aliphatic rings. The minimum atomic E-state index is 0.868. The summed E-state index contributed by atoms with van der Waals surface area (Å²) >= 11 is 0. The van der Waals surface area contributed by atoms with E-state index in [0.29, 0.717) is 0 Å². The molecule has 3 heteroatoms. The topological polar surface area (TPSA) is 37.0 Å². The van der Waals surface area contributed by atoms with E-state index in [4.69, 9.17) is 4.74 Å². The van der Waals surface area contributed by atoms with Crippen LogP contribution in [0.5, 0.6) is 5.75 Å². The van der Waals surface area contributed by atoms with Crippen molar-refractivity contribution in [2.24, 2.45) is 0 Å². The first-order valence-corrected chi connectivity index (χ1v) is 5.05. The zero-order valence-corrected chi connectivity index (χ0v) is 9.35. The van der Waals surface area contributed by atoms with Crippen LogP contribution in [0.4, 0.5) is 0 Å². The zero-order chi connectivity index (χ0) is 10.8. The molecular formula is C12H16N2O. The normalized spacial score (nSPS) is 10.9. The Morgan fingerprint density at radius 3 is 2.87 bits per heavy atom. The van der Waals surface area contributed by atoms with Gasteiger partial charge in [0.15, 0.2) is 0 Å². The molecule has 0 amide bonds. The molecule has 0 radical (unpaired) electrons. The van der Waals surface area contributed by atoms with Crippen molar-refractivity contribution in [3.63, 3.8) is 0 Å². The minimum Gasteiger partial charge on any atom is -0.495 e. The first kappa shape index (κ1) is 10.1. The van der Waals surface area contributed by atoms with Crippen LogP contribution in [0.25, 0.3) is 10.9 Å². The molecule has 3 nitrogen and oxygen atoms in total. The third-order valence-corrected chi connectivity index (χ3v) is 2.57. The number of benzene rings is 1. The fourth-order valence-corrected chi connectivity index (χ4v) is 1.89. The van der Waals surface area contributed by atoms with Crippen LogP contribution in [0.3, 0.4) is 0 Å². The molecular weight excluding hydrogens is 188 g/mol. The van der Waals surface area contributed by atoms with Gasteiger partial charge in [0, 0.05) is 18.1 Å². The quantitative estimate of drug-likeness (QED) is 0.804. The van der Waals surface area contributed by atoms with Gasteiger partial charge < -0.3 is 15.0 Å². The van der Waals surface area contributed by atoms with Gasteiger partial charge in [0.2, 0.25) is 0 Å². The van der Waals surface area contributed by atoms with Crippen molar-refractivity contribution in [3.05, 3.63) is 29.5 Å². The van der Waals surface area contributed by atoms with E-state index in [1.807, 2.05) is 19.3 Å². The lowest BCUT2D eigenvalue weighted by molar-refractivity contribution is 0.418. The molecule has 0 saturated carbocycles. The number of hydrogen-bond acceptors (Lipinski definition) is 2. The lowest BCUT2D eigenvalue weighted by Crippen LogP contribution is -2.04. The van der Waals surface area contributed by atoms with E-state index >= 15 is 0 Å². The standard InChI is InChI=1S/C12H16N2O/c1-8-4-10-9(6-13-2)7-14-12(10)11(5-8)15-3/h4-5,7,13-14H,6H2,1-3H3. The van der Waals surface area contributed by atoms with Crippen molar-refractivity contribution in [2.45, 2.75) is 13.5 Å². The number of fused-ring (bicyclic) bond motifs is 1. The molecule has 0 atom stereocenters. The maximum absolute atomic E-state index is 5.35. The molecule has 80 valence electrons. The number of aryl methyl sites for hydroxylation is 1. The molecule has 0 fully saturated rings. The summed E-state index contributed by atoms with van der Waals surface area (Å²) in [5, 5.41) is 4.40. The first-order chi connectivity index (χ1) is 7.26. The van der Waals surface area contributed by atoms with E-state index in [1.165, 1.54) is 16.5 Å². The Hall–Kier alpha value is -1.48. The van der Waals surface area contributed by atoms with Crippen molar-refractivity contribution >= 4 is 10.9 Å². The van der Waals surface area contributed by atoms with Crippen LogP contribution >= 0.6 is 0 Å². The van der Waals surface area contributed by atoms with Crippen LogP contribution in [0.15, 0.2) is 18.3 Å². The Morgan fingerprint density at radius 1 is 1.40 bits per heavy atom. The molecule has 0 aliphatic carbocycles. The number of ether oxygens (including phenoxy) is 1. The molecule has 0 saturated heterocycles. The van der Waals surface area contributed by atoms with Crippen LogP contribution in [-0.4, -0.2) is 19.1 Å². The lowest BCUT2D eigenvalue weighted by atomic mass is 10.1. The van der Waals surface area contributed by atoms with Crippen LogP contribution in [0, 0.1) is 6.92 Å². The maximum Gasteiger partial charge on any atom is 0.143 e. The summed E-state index contributed by atoms with van der Waals surface area (Å²) in [5.74, 6) is 0.910. The van der Waals surface area contributed by atoms with Gasteiger partial charge in [0.05, 0.1) is 12.6 Å². The molecule has 2 rings (SSSR count).